The highest BCUT2D eigenvalue weighted by atomic mass is 16.6. The van der Waals surface area contributed by atoms with Crippen LogP contribution in [-0.4, -0.2) is 42.5 Å². The highest BCUT2D eigenvalue weighted by molar-refractivity contribution is 5.82. The summed E-state index contributed by atoms with van der Waals surface area (Å²) < 4.78 is 11.1. The van der Waals surface area contributed by atoms with Crippen molar-refractivity contribution in [3.05, 3.63) is 29.3 Å². The molecule has 1 unspecified atom stereocenters. The Morgan fingerprint density at radius 2 is 1.93 bits per heavy atom. The van der Waals surface area contributed by atoms with E-state index in [4.69, 9.17) is 9.47 Å². The van der Waals surface area contributed by atoms with Crippen LogP contribution >= 0.6 is 0 Å². The predicted molar refractivity (Wildman–Crippen MR) is 116 cm³/mol. The third-order valence-corrected chi connectivity index (χ3v) is 5.49. The molecule has 168 valence electrons. The lowest BCUT2D eigenvalue weighted by atomic mass is 9.84. The number of aliphatic carboxylic acids is 1. The number of piperidine rings is 1. The van der Waals surface area contributed by atoms with Crippen LogP contribution < -0.4 is 15.4 Å². The van der Waals surface area contributed by atoms with E-state index in [1.54, 1.807) is 32.9 Å². The van der Waals surface area contributed by atoms with Gasteiger partial charge >= 0.3 is 12.1 Å². The Kier molecular flexibility index (Phi) is 8.53. The summed E-state index contributed by atoms with van der Waals surface area (Å²) in [5.74, 6) is 0.916. The van der Waals surface area contributed by atoms with Crippen molar-refractivity contribution in [3.8, 4) is 5.75 Å². The first-order chi connectivity index (χ1) is 14.1. The highest BCUT2D eigenvalue weighted by Gasteiger charge is 2.27. The third kappa shape index (κ3) is 7.52. The normalized spacial score (nSPS) is 17.1. The van der Waals surface area contributed by atoms with Crippen LogP contribution in [0.4, 0.5) is 4.79 Å². The van der Waals surface area contributed by atoms with Crippen molar-refractivity contribution in [1.82, 2.24) is 10.6 Å². The van der Waals surface area contributed by atoms with E-state index in [0.717, 1.165) is 31.0 Å². The molecular formula is C23H36N2O5. The summed E-state index contributed by atoms with van der Waals surface area (Å²) in [6, 6.07) is 4.08. The molecule has 0 spiro atoms. The number of nitrogens with one attached hydrogen (secondary N) is 2. The summed E-state index contributed by atoms with van der Waals surface area (Å²) in [6.45, 7) is 12.1. The highest BCUT2D eigenvalue weighted by Crippen LogP contribution is 2.26. The molecule has 1 aromatic rings. The maximum absolute atomic E-state index is 12.0. The van der Waals surface area contributed by atoms with Gasteiger partial charge in [0.25, 0.3) is 0 Å². The van der Waals surface area contributed by atoms with Crippen molar-refractivity contribution in [2.75, 3.05) is 19.7 Å². The maximum Gasteiger partial charge on any atom is 0.408 e. The maximum atomic E-state index is 12.0. The van der Waals surface area contributed by atoms with E-state index < -0.39 is 23.7 Å². The Morgan fingerprint density at radius 3 is 2.50 bits per heavy atom. The van der Waals surface area contributed by atoms with Gasteiger partial charge in [-0.05, 0) is 95.1 Å². The van der Waals surface area contributed by atoms with Crippen molar-refractivity contribution >= 4 is 12.1 Å². The predicted octanol–water partition coefficient (Wildman–Crippen LogP) is 4.05. The lowest BCUT2D eigenvalue weighted by Gasteiger charge is -2.28. The summed E-state index contributed by atoms with van der Waals surface area (Å²) >= 11 is 0. The minimum atomic E-state index is -1.19. The molecule has 1 aliphatic rings. The Balaban J connectivity index is 1.95. The fourth-order valence-corrected chi connectivity index (χ4v) is 3.77. The monoisotopic (exact) mass is 420 g/mol. The fraction of sp³-hybridized carbons (Fsp3) is 0.652. The van der Waals surface area contributed by atoms with Crippen LogP contribution in [0, 0.1) is 18.8 Å². The SMILES string of the molecule is Cc1cc(OCC[C@@H](C)C2CCNCC2)ccc1C(NC(=O)OC(C)(C)C)C(=O)O. The van der Waals surface area contributed by atoms with Gasteiger partial charge < -0.3 is 25.2 Å². The summed E-state index contributed by atoms with van der Waals surface area (Å²) in [5.41, 5.74) is 0.539. The first-order valence-electron chi connectivity index (χ1n) is 10.7. The largest absolute Gasteiger partial charge is 0.494 e. The molecule has 1 aliphatic heterocycles. The number of ether oxygens (including phenoxy) is 2. The molecule has 0 aromatic heterocycles. The van der Waals surface area contributed by atoms with Gasteiger partial charge in [-0.1, -0.05) is 13.0 Å². The van der Waals surface area contributed by atoms with Crippen LogP contribution in [0.1, 0.15) is 64.1 Å². The Hall–Kier alpha value is -2.28. The van der Waals surface area contributed by atoms with Crippen LogP contribution in [0.5, 0.6) is 5.75 Å². The molecule has 1 heterocycles. The van der Waals surface area contributed by atoms with Gasteiger partial charge in [-0.15, -0.1) is 0 Å². The average Bonchev–Trinajstić information content (AvgIpc) is 2.65. The van der Waals surface area contributed by atoms with Crippen molar-refractivity contribution in [2.24, 2.45) is 11.8 Å². The van der Waals surface area contributed by atoms with Gasteiger partial charge in [0.2, 0.25) is 0 Å². The molecule has 1 amide bonds. The van der Waals surface area contributed by atoms with E-state index in [2.05, 4.69) is 17.6 Å². The molecular weight excluding hydrogens is 384 g/mol. The van der Waals surface area contributed by atoms with Gasteiger partial charge in [0.1, 0.15) is 11.4 Å². The van der Waals surface area contributed by atoms with Crippen molar-refractivity contribution < 1.29 is 24.2 Å². The van der Waals surface area contributed by atoms with Crippen LogP contribution in [0.2, 0.25) is 0 Å². The van der Waals surface area contributed by atoms with Crippen LogP contribution in [0.25, 0.3) is 0 Å². The number of alkyl carbamates (subject to hydrolysis) is 1. The van der Waals surface area contributed by atoms with Crippen molar-refractivity contribution in [2.45, 2.75) is 65.5 Å². The second-order valence-electron chi connectivity index (χ2n) is 9.14. The molecule has 3 N–H and O–H groups in total. The quantitative estimate of drug-likeness (QED) is 0.587. The fourth-order valence-electron chi connectivity index (χ4n) is 3.77. The molecule has 2 atom stereocenters. The number of benzene rings is 1. The van der Waals surface area contributed by atoms with E-state index in [0.29, 0.717) is 23.8 Å². The third-order valence-electron chi connectivity index (χ3n) is 5.49. The number of rotatable bonds is 8. The number of carbonyl (C=O) groups excluding carboxylic acids is 1. The number of hydrogen-bond acceptors (Lipinski definition) is 5. The topological polar surface area (TPSA) is 96.9 Å². The van der Waals surface area contributed by atoms with Gasteiger partial charge in [0.15, 0.2) is 6.04 Å². The number of carboxylic acid groups (broad SMARTS) is 1. The molecule has 0 saturated carbocycles. The number of amides is 1. The van der Waals surface area contributed by atoms with E-state index >= 15 is 0 Å². The molecule has 0 aliphatic carbocycles. The summed E-state index contributed by atoms with van der Waals surface area (Å²) in [5, 5.41) is 15.4. The second kappa shape index (κ2) is 10.7. The van der Waals surface area contributed by atoms with Gasteiger partial charge in [0, 0.05) is 0 Å². The molecule has 2 rings (SSSR count). The summed E-state index contributed by atoms with van der Waals surface area (Å²) in [4.78, 5) is 23.8. The Bertz CT molecular complexity index is 723. The molecule has 7 nitrogen and oxygen atoms in total. The molecule has 0 bridgehead atoms. The molecule has 0 radical (unpaired) electrons. The zero-order valence-corrected chi connectivity index (χ0v) is 18.8. The minimum absolute atomic E-state index is 0.504. The molecule has 1 fully saturated rings. The molecule has 1 saturated heterocycles. The Labute approximate surface area is 179 Å². The summed E-state index contributed by atoms with van der Waals surface area (Å²) in [7, 11) is 0. The van der Waals surface area contributed by atoms with E-state index in [9.17, 15) is 14.7 Å². The molecule has 1 aromatic carbocycles. The standard InChI is InChI=1S/C23H36N2O5/c1-15(17-8-11-24-12-9-17)10-13-29-18-6-7-19(16(2)14-18)20(21(26)27)25-22(28)30-23(3,4)5/h6-7,14-15,17,20,24H,8-13H2,1-5H3,(H,25,28)(H,26,27)/t15-,20?/m1/s1. The number of carboxylic acids is 1. The lowest BCUT2D eigenvalue weighted by Crippen LogP contribution is -2.38. The van der Waals surface area contributed by atoms with Gasteiger partial charge in [-0.3, -0.25) is 0 Å². The second-order valence-corrected chi connectivity index (χ2v) is 9.14. The van der Waals surface area contributed by atoms with E-state index in [1.165, 1.54) is 12.8 Å². The van der Waals surface area contributed by atoms with Crippen LogP contribution in [0.3, 0.4) is 0 Å². The van der Waals surface area contributed by atoms with Crippen molar-refractivity contribution in [3.63, 3.8) is 0 Å². The average molecular weight is 421 g/mol. The van der Waals surface area contributed by atoms with Gasteiger partial charge in [0.05, 0.1) is 6.61 Å². The van der Waals surface area contributed by atoms with Crippen molar-refractivity contribution in [1.29, 1.82) is 0 Å². The van der Waals surface area contributed by atoms with Gasteiger partial charge in [-0.25, -0.2) is 9.59 Å². The number of aryl methyl sites for hydroxylation is 1. The van der Waals surface area contributed by atoms with Gasteiger partial charge in [-0.2, -0.15) is 0 Å². The lowest BCUT2D eigenvalue weighted by molar-refractivity contribution is -0.139. The molecule has 7 heteroatoms. The summed E-state index contributed by atoms with van der Waals surface area (Å²) in [6.07, 6.45) is 2.66. The van der Waals surface area contributed by atoms with E-state index in [-0.39, 0.29) is 0 Å². The van der Waals surface area contributed by atoms with E-state index in [1.807, 2.05) is 13.0 Å². The number of hydrogen-bond donors (Lipinski definition) is 3. The Morgan fingerprint density at radius 1 is 1.27 bits per heavy atom. The number of carbonyl (C=O) groups is 2. The zero-order chi connectivity index (χ0) is 22.3. The molecule has 30 heavy (non-hydrogen) atoms. The smallest absolute Gasteiger partial charge is 0.408 e. The minimum Gasteiger partial charge on any atom is -0.494 e. The first-order valence-corrected chi connectivity index (χ1v) is 10.7. The first kappa shape index (κ1) is 24.0. The van der Waals surface area contributed by atoms with Crippen LogP contribution in [-0.2, 0) is 9.53 Å². The zero-order valence-electron chi connectivity index (χ0n) is 18.8. The van der Waals surface area contributed by atoms with Crippen LogP contribution in [0.15, 0.2) is 18.2 Å².